The van der Waals surface area contributed by atoms with Crippen molar-refractivity contribution in [3.05, 3.63) is 48.5 Å². The second kappa shape index (κ2) is 5.06. The molecule has 0 spiro atoms. The van der Waals surface area contributed by atoms with E-state index in [4.69, 9.17) is 0 Å². The maximum absolute atomic E-state index is 4.35. The monoisotopic (exact) mass is 253 g/mol. The first kappa shape index (κ1) is 11.6. The van der Waals surface area contributed by atoms with E-state index in [1.807, 2.05) is 30.5 Å². The minimum absolute atomic E-state index is 0.827. The van der Waals surface area contributed by atoms with Gasteiger partial charge in [0.15, 0.2) is 5.65 Å². The van der Waals surface area contributed by atoms with Crippen molar-refractivity contribution in [2.24, 2.45) is 0 Å². The number of nitrogens with zero attached hydrogens (tertiary/aromatic N) is 4. The Bertz CT molecular complexity index is 689. The van der Waals surface area contributed by atoms with Gasteiger partial charge in [-0.15, -0.1) is 0 Å². The highest BCUT2D eigenvalue weighted by molar-refractivity contribution is 5.59. The summed E-state index contributed by atoms with van der Waals surface area (Å²) in [5.74, 6) is 0.892. The molecule has 1 N–H and O–H groups in total. The van der Waals surface area contributed by atoms with E-state index < -0.39 is 0 Å². The maximum atomic E-state index is 4.35. The fourth-order valence-corrected chi connectivity index (χ4v) is 2.04. The summed E-state index contributed by atoms with van der Waals surface area (Å²) in [5.41, 5.74) is 2.94. The minimum Gasteiger partial charge on any atom is -0.340 e. The Balaban J connectivity index is 1.92. The van der Waals surface area contributed by atoms with Gasteiger partial charge < -0.3 is 5.32 Å². The third kappa shape index (κ3) is 2.40. The lowest BCUT2D eigenvalue weighted by Crippen LogP contribution is -2.00. The van der Waals surface area contributed by atoms with Crippen molar-refractivity contribution in [2.75, 3.05) is 5.32 Å². The van der Waals surface area contributed by atoms with Crippen LogP contribution in [0.5, 0.6) is 0 Å². The highest BCUT2D eigenvalue weighted by Crippen LogP contribution is 2.17. The highest BCUT2D eigenvalue weighted by atomic mass is 15.3. The SMILES string of the molecule is CCCc1cc(Nc2cccc3ncnn23)ccn1. The van der Waals surface area contributed by atoms with E-state index >= 15 is 0 Å². The summed E-state index contributed by atoms with van der Waals surface area (Å²) in [6.45, 7) is 2.15. The Morgan fingerprint density at radius 1 is 1.21 bits per heavy atom. The zero-order chi connectivity index (χ0) is 13.1. The third-order valence-corrected chi connectivity index (χ3v) is 2.90. The molecule has 0 saturated heterocycles. The Kier molecular flexibility index (Phi) is 3.10. The van der Waals surface area contributed by atoms with Crippen molar-refractivity contribution in [2.45, 2.75) is 19.8 Å². The molecule has 0 bridgehead atoms. The molecule has 0 saturated carbocycles. The molecule has 0 aliphatic heterocycles. The largest absolute Gasteiger partial charge is 0.340 e. The summed E-state index contributed by atoms with van der Waals surface area (Å²) >= 11 is 0. The van der Waals surface area contributed by atoms with E-state index in [1.54, 1.807) is 10.8 Å². The molecule has 0 atom stereocenters. The number of rotatable bonds is 4. The molecule has 5 nitrogen and oxygen atoms in total. The fourth-order valence-electron chi connectivity index (χ4n) is 2.04. The van der Waals surface area contributed by atoms with Crippen LogP contribution in [0, 0.1) is 0 Å². The van der Waals surface area contributed by atoms with Crippen molar-refractivity contribution < 1.29 is 0 Å². The molecular formula is C14H15N5. The van der Waals surface area contributed by atoms with Crippen LogP contribution in [0.3, 0.4) is 0 Å². The smallest absolute Gasteiger partial charge is 0.157 e. The number of hydrogen-bond acceptors (Lipinski definition) is 4. The average Bonchev–Trinajstić information content (AvgIpc) is 2.89. The molecule has 0 aliphatic carbocycles. The van der Waals surface area contributed by atoms with Crippen LogP contribution in [0.4, 0.5) is 11.5 Å². The lowest BCUT2D eigenvalue weighted by atomic mass is 10.2. The van der Waals surface area contributed by atoms with Gasteiger partial charge in [0.2, 0.25) is 0 Å². The van der Waals surface area contributed by atoms with Gasteiger partial charge in [-0.3, -0.25) is 4.98 Å². The van der Waals surface area contributed by atoms with Crippen LogP contribution in [0.1, 0.15) is 19.0 Å². The standard InChI is InChI=1S/C14H15N5/c1-2-4-11-9-12(7-8-15-11)18-14-6-3-5-13-16-10-17-19(13)14/h3,5-10H,2,4H2,1H3,(H,15,18). The molecule has 0 fully saturated rings. The van der Waals surface area contributed by atoms with Crippen LogP contribution in [0.15, 0.2) is 42.9 Å². The Morgan fingerprint density at radius 3 is 3.05 bits per heavy atom. The first-order chi connectivity index (χ1) is 9.36. The molecule has 0 unspecified atom stereocenters. The number of aromatic nitrogens is 4. The molecule has 3 aromatic rings. The summed E-state index contributed by atoms with van der Waals surface area (Å²) in [6, 6.07) is 9.88. The maximum Gasteiger partial charge on any atom is 0.157 e. The molecule has 0 aromatic carbocycles. The topological polar surface area (TPSA) is 55.1 Å². The number of nitrogens with one attached hydrogen (secondary N) is 1. The van der Waals surface area contributed by atoms with Crippen molar-refractivity contribution in [1.29, 1.82) is 0 Å². The lowest BCUT2D eigenvalue weighted by Gasteiger charge is -2.08. The molecule has 0 amide bonds. The first-order valence-corrected chi connectivity index (χ1v) is 6.37. The average molecular weight is 253 g/mol. The zero-order valence-electron chi connectivity index (χ0n) is 10.7. The van der Waals surface area contributed by atoms with Crippen molar-refractivity contribution in [3.8, 4) is 0 Å². The molecule has 3 rings (SSSR count). The number of aryl methyl sites for hydroxylation is 1. The van der Waals surface area contributed by atoms with Gasteiger partial charge in [0, 0.05) is 17.6 Å². The summed E-state index contributed by atoms with van der Waals surface area (Å²) < 4.78 is 1.78. The van der Waals surface area contributed by atoms with E-state index in [0.717, 1.165) is 35.7 Å². The second-order valence-electron chi connectivity index (χ2n) is 4.35. The van der Waals surface area contributed by atoms with Gasteiger partial charge in [0.1, 0.15) is 12.1 Å². The van der Waals surface area contributed by atoms with Crippen molar-refractivity contribution in [3.63, 3.8) is 0 Å². The Labute approximate surface area is 111 Å². The Morgan fingerprint density at radius 2 is 2.16 bits per heavy atom. The number of anilines is 2. The molecule has 5 heteroatoms. The van der Waals surface area contributed by atoms with Crippen LogP contribution in [-0.2, 0) is 6.42 Å². The minimum atomic E-state index is 0.827. The van der Waals surface area contributed by atoms with Crippen LogP contribution < -0.4 is 5.32 Å². The van der Waals surface area contributed by atoms with Gasteiger partial charge in [-0.1, -0.05) is 19.4 Å². The third-order valence-electron chi connectivity index (χ3n) is 2.90. The predicted molar refractivity (Wildman–Crippen MR) is 74.5 cm³/mol. The zero-order valence-corrected chi connectivity index (χ0v) is 10.7. The number of hydrogen-bond donors (Lipinski definition) is 1. The van der Waals surface area contributed by atoms with Gasteiger partial charge in [0.05, 0.1) is 0 Å². The summed E-state index contributed by atoms with van der Waals surface area (Å²) in [7, 11) is 0. The first-order valence-electron chi connectivity index (χ1n) is 6.37. The van der Waals surface area contributed by atoms with E-state index in [-0.39, 0.29) is 0 Å². The van der Waals surface area contributed by atoms with E-state index in [2.05, 4.69) is 33.4 Å². The predicted octanol–water partition coefficient (Wildman–Crippen LogP) is 2.82. The highest BCUT2D eigenvalue weighted by Gasteiger charge is 2.03. The lowest BCUT2D eigenvalue weighted by molar-refractivity contribution is 0.883. The molecule has 0 radical (unpaired) electrons. The quantitative estimate of drug-likeness (QED) is 0.776. The van der Waals surface area contributed by atoms with Gasteiger partial charge in [-0.05, 0) is 30.7 Å². The molecule has 3 heterocycles. The van der Waals surface area contributed by atoms with Gasteiger partial charge >= 0.3 is 0 Å². The van der Waals surface area contributed by atoms with Crippen LogP contribution in [-0.4, -0.2) is 19.6 Å². The van der Waals surface area contributed by atoms with E-state index in [9.17, 15) is 0 Å². The van der Waals surface area contributed by atoms with Crippen molar-refractivity contribution >= 4 is 17.2 Å². The van der Waals surface area contributed by atoms with Crippen LogP contribution >= 0.6 is 0 Å². The van der Waals surface area contributed by atoms with Gasteiger partial charge in [-0.2, -0.15) is 9.61 Å². The second-order valence-corrected chi connectivity index (χ2v) is 4.35. The van der Waals surface area contributed by atoms with Crippen LogP contribution in [0.2, 0.25) is 0 Å². The molecule has 19 heavy (non-hydrogen) atoms. The van der Waals surface area contributed by atoms with Gasteiger partial charge in [0.25, 0.3) is 0 Å². The molecular weight excluding hydrogens is 238 g/mol. The summed E-state index contributed by atoms with van der Waals surface area (Å²) in [4.78, 5) is 8.52. The fraction of sp³-hybridized carbons (Fsp3) is 0.214. The van der Waals surface area contributed by atoms with E-state index in [0.29, 0.717) is 0 Å². The molecule has 96 valence electrons. The van der Waals surface area contributed by atoms with Gasteiger partial charge in [-0.25, -0.2) is 4.98 Å². The Hall–Kier alpha value is -2.43. The van der Waals surface area contributed by atoms with E-state index in [1.165, 1.54) is 0 Å². The molecule has 0 aliphatic rings. The summed E-state index contributed by atoms with van der Waals surface area (Å²) in [6.07, 6.45) is 5.46. The van der Waals surface area contributed by atoms with Crippen LogP contribution in [0.25, 0.3) is 5.65 Å². The normalized spacial score (nSPS) is 10.8. The molecule has 3 aromatic heterocycles. The number of pyridine rings is 2. The summed E-state index contributed by atoms with van der Waals surface area (Å²) in [5, 5.41) is 7.55. The van der Waals surface area contributed by atoms with Crippen molar-refractivity contribution in [1.82, 2.24) is 19.6 Å². The number of fused-ring (bicyclic) bond motifs is 1.